The third-order valence-electron chi connectivity index (χ3n) is 1.64. The molecule has 5 heteroatoms. The minimum atomic E-state index is -1.02. The summed E-state index contributed by atoms with van der Waals surface area (Å²) in [7, 11) is 0. The van der Waals surface area contributed by atoms with Crippen LogP contribution in [0, 0.1) is 0 Å². The molecule has 0 amide bonds. The monoisotopic (exact) mass is 320 g/mol. The van der Waals surface area contributed by atoms with E-state index < -0.39 is 5.97 Å². The van der Waals surface area contributed by atoms with Gasteiger partial charge in [0.2, 0.25) is 0 Å². The topological polar surface area (TPSA) is 54.4 Å². The summed E-state index contributed by atoms with van der Waals surface area (Å²) in [6.07, 6.45) is 0. The molecule has 14 heavy (non-hydrogen) atoms. The molecular weight excluding hydrogens is 316 g/mol. The number of hydrogen-bond donors (Lipinski definition) is 1. The summed E-state index contributed by atoms with van der Waals surface area (Å²) in [4.78, 5) is 21.9. The Morgan fingerprint density at radius 2 is 2.00 bits per heavy atom. The highest BCUT2D eigenvalue weighted by Crippen LogP contribution is 2.19. The second kappa shape index (κ2) is 4.70. The maximum absolute atomic E-state index is 11.2. The molecule has 0 fully saturated rings. The van der Waals surface area contributed by atoms with E-state index in [1.54, 1.807) is 0 Å². The lowest BCUT2D eigenvalue weighted by Gasteiger charge is -2.01. The largest absolute Gasteiger partial charge is 0.478 e. The molecule has 0 atom stereocenters. The zero-order valence-electron chi connectivity index (χ0n) is 6.96. The summed E-state index contributed by atoms with van der Waals surface area (Å²) >= 11 is 6.14. The third-order valence-corrected chi connectivity index (χ3v) is 2.81. The lowest BCUT2D eigenvalue weighted by molar-refractivity contribution is 0.0695. The number of hydrogen-bond acceptors (Lipinski definition) is 2. The normalized spacial score (nSPS) is 9.86. The average molecular weight is 322 g/mol. The van der Waals surface area contributed by atoms with E-state index in [4.69, 9.17) is 5.11 Å². The Morgan fingerprint density at radius 3 is 2.43 bits per heavy atom. The number of carboxylic acids is 1. The molecule has 0 aliphatic rings. The molecule has 0 radical (unpaired) electrons. The number of halogens is 2. The van der Waals surface area contributed by atoms with Crippen LogP contribution in [0.15, 0.2) is 22.7 Å². The molecular formula is C9H6Br2O3. The van der Waals surface area contributed by atoms with E-state index in [9.17, 15) is 9.59 Å². The number of carbonyl (C=O) groups excluding carboxylic acids is 1. The third kappa shape index (κ3) is 2.42. The molecule has 1 aromatic carbocycles. The molecule has 0 aliphatic heterocycles. The Kier molecular flexibility index (Phi) is 3.83. The molecule has 1 aromatic rings. The SMILES string of the molecule is O=C(CBr)c1ccc(C(=O)O)c(Br)c1. The number of carboxylic acid groups (broad SMARTS) is 1. The van der Waals surface area contributed by atoms with Crippen LogP contribution in [0.5, 0.6) is 0 Å². The minimum absolute atomic E-state index is 0.0809. The smallest absolute Gasteiger partial charge is 0.336 e. The van der Waals surface area contributed by atoms with Gasteiger partial charge < -0.3 is 5.11 Å². The Hall–Kier alpha value is -0.680. The van der Waals surface area contributed by atoms with E-state index in [-0.39, 0.29) is 16.7 Å². The number of alkyl halides is 1. The molecule has 0 aromatic heterocycles. The van der Waals surface area contributed by atoms with Crippen LogP contribution in [0.3, 0.4) is 0 Å². The summed E-state index contributed by atoms with van der Waals surface area (Å²) < 4.78 is 0.414. The highest BCUT2D eigenvalue weighted by atomic mass is 79.9. The first-order valence-electron chi connectivity index (χ1n) is 3.68. The van der Waals surface area contributed by atoms with Crippen molar-refractivity contribution in [3.63, 3.8) is 0 Å². The van der Waals surface area contributed by atoms with Crippen molar-refractivity contribution < 1.29 is 14.7 Å². The van der Waals surface area contributed by atoms with Gasteiger partial charge in [0.15, 0.2) is 5.78 Å². The summed E-state index contributed by atoms with van der Waals surface area (Å²) in [6, 6.07) is 4.41. The summed E-state index contributed by atoms with van der Waals surface area (Å²) in [5.41, 5.74) is 0.634. The highest BCUT2D eigenvalue weighted by molar-refractivity contribution is 9.10. The maximum Gasteiger partial charge on any atom is 0.336 e. The summed E-state index contributed by atoms with van der Waals surface area (Å²) in [6.45, 7) is 0. The van der Waals surface area contributed by atoms with Gasteiger partial charge in [0.1, 0.15) is 0 Å². The second-order valence-electron chi connectivity index (χ2n) is 2.56. The lowest BCUT2D eigenvalue weighted by Crippen LogP contribution is -2.03. The minimum Gasteiger partial charge on any atom is -0.478 e. The van der Waals surface area contributed by atoms with Crippen LogP contribution in [-0.2, 0) is 0 Å². The first-order chi connectivity index (χ1) is 6.56. The van der Waals surface area contributed by atoms with E-state index in [2.05, 4.69) is 31.9 Å². The van der Waals surface area contributed by atoms with E-state index in [0.717, 1.165) is 0 Å². The molecule has 0 bridgehead atoms. The lowest BCUT2D eigenvalue weighted by atomic mass is 10.1. The van der Waals surface area contributed by atoms with Crippen molar-refractivity contribution in [3.05, 3.63) is 33.8 Å². The van der Waals surface area contributed by atoms with Gasteiger partial charge in [-0.25, -0.2) is 4.79 Å². The van der Waals surface area contributed by atoms with E-state index >= 15 is 0 Å². The van der Waals surface area contributed by atoms with Crippen LogP contribution in [-0.4, -0.2) is 22.2 Å². The van der Waals surface area contributed by atoms with Gasteiger partial charge in [-0.05, 0) is 28.1 Å². The Labute approximate surface area is 97.4 Å². The quantitative estimate of drug-likeness (QED) is 0.688. The predicted molar refractivity (Wildman–Crippen MR) is 59.2 cm³/mol. The van der Waals surface area contributed by atoms with Gasteiger partial charge in [0.25, 0.3) is 0 Å². The number of ketones is 1. The molecule has 0 heterocycles. The predicted octanol–water partition coefficient (Wildman–Crippen LogP) is 2.72. The van der Waals surface area contributed by atoms with Crippen LogP contribution in [0.4, 0.5) is 0 Å². The number of benzene rings is 1. The molecule has 0 unspecified atom stereocenters. The molecule has 0 aliphatic carbocycles. The van der Waals surface area contributed by atoms with Gasteiger partial charge in [0, 0.05) is 10.0 Å². The molecule has 1 N–H and O–H groups in total. The number of Topliss-reactive ketones (excluding diaryl/α,β-unsaturated/α-hetero) is 1. The van der Waals surface area contributed by atoms with Gasteiger partial charge >= 0.3 is 5.97 Å². The van der Waals surface area contributed by atoms with Crippen molar-refractivity contribution in [2.24, 2.45) is 0 Å². The second-order valence-corrected chi connectivity index (χ2v) is 3.97. The first-order valence-corrected chi connectivity index (χ1v) is 5.59. The summed E-state index contributed by atoms with van der Waals surface area (Å²) in [5.74, 6) is -1.10. The fraction of sp³-hybridized carbons (Fsp3) is 0.111. The van der Waals surface area contributed by atoms with Gasteiger partial charge in [0.05, 0.1) is 10.9 Å². The number of carbonyl (C=O) groups is 2. The maximum atomic E-state index is 11.2. The van der Waals surface area contributed by atoms with Crippen molar-refractivity contribution in [2.75, 3.05) is 5.33 Å². The van der Waals surface area contributed by atoms with Crippen molar-refractivity contribution in [1.29, 1.82) is 0 Å². The standard InChI is InChI=1S/C9H6Br2O3/c10-4-8(12)5-1-2-6(9(13)14)7(11)3-5/h1-3H,4H2,(H,13,14). The van der Waals surface area contributed by atoms with Crippen molar-refractivity contribution in [3.8, 4) is 0 Å². The summed E-state index contributed by atoms with van der Waals surface area (Å²) in [5, 5.41) is 8.96. The molecule has 0 saturated heterocycles. The molecule has 74 valence electrons. The van der Waals surface area contributed by atoms with Gasteiger partial charge in [-0.15, -0.1) is 0 Å². The first kappa shape index (κ1) is 11.4. The fourth-order valence-corrected chi connectivity index (χ4v) is 1.81. The van der Waals surface area contributed by atoms with Crippen molar-refractivity contribution in [1.82, 2.24) is 0 Å². The van der Waals surface area contributed by atoms with Crippen molar-refractivity contribution in [2.45, 2.75) is 0 Å². The van der Waals surface area contributed by atoms with E-state index in [1.807, 2.05) is 0 Å². The van der Waals surface area contributed by atoms with Crippen LogP contribution in [0.2, 0.25) is 0 Å². The van der Waals surface area contributed by atoms with Crippen LogP contribution < -0.4 is 0 Å². The zero-order chi connectivity index (χ0) is 10.7. The number of rotatable bonds is 3. The molecule has 0 spiro atoms. The molecule has 1 rings (SSSR count). The van der Waals surface area contributed by atoms with Crippen LogP contribution in [0.1, 0.15) is 20.7 Å². The van der Waals surface area contributed by atoms with E-state index in [0.29, 0.717) is 10.0 Å². The Morgan fingerprint density at radius 1 is 1.36 bits per heavy atom. The Bertz CT molecular complexity index is 388. The van der Waals surface area contributed by atoms with Gasteiger partial charge in [-0.3, -0.25) is 4.79 Å². The fourth-order valence-electron chi connectivity index (χ4n) is 0.939. The average Bonchev–Trinajstić information content (AvgIpc) is 2.15. The van der Waals surface area contributed by atoms with Gasteiger partial charge in [-0.1, -0.05) is 22.0 Å². The number of aromatic carboxylic acids is 1. The molecule has 0 saturated carbocycles. The van der Waals surface area contributed by atoms with E-state index in [1.165, 1.54) is 18.2 Å². The van der Waals surface area contributed by atoms with Gasteiger partial charge in [-0.2, -0.15) is 0 Å². The molecule has 3 nitrogen and oxygen atoms in total. The van der Waals surface area contributed by atoms with Crippen LogP contribution in [0.25, 0.3) is 0 Å². The highest BCUT2D eigenvalue weighted by Gasteiger charge is 2.11. The van der Waals surface area contributed by atoms with Crippen molar-refractivity contribution >= 4 is 43.6 Å². The van der Waals surface area contributed by atoms with Crippen LogP contribution >= 0.6 is 31.9 Å². The Balaban J connectivity index is 3.12. The zero-order valence-corrected chi connectivity index (χ0v) is 10.1.